The molecule has 66 valence electrons. The number of thiophene rings is 1. The Bertz CT molecular complexity index is 376. The molecule has 1 aromatic rings. The van der Waals surface area contributed by atoms with Crippen molar-refractivity contribution in [2.45, 2.75) is 0 Å². The highest BCUT2D eigenvalue weighted by Crippen LogP contribution is 2.24. The van der Waals surface area contributed by atoms with Crippen molar-refractivity contribution in [2.75, 3.05) is 6.54 Å². The van der Waals surface area contributed by atoms with Gasteiger partial charge in [0.2, 0.25) is 0 Å². The molecule has 2 heterocycles. The van der Waals surface area contributed by atoms with E-state index in [9.17, 15) is 4.79 Å². The first-order valence-corrected chi connectivity index (χ1v) is 4.93. The van der Waals surface area contributed by atoms with Gasteiger partial charge in [-0.1, -0.05) is 12.2 Å². The highest BCUT2D eigenvalue weighted by molar-refractivity contribution is 7.12. The highest BCUT2D eigenvalue weighted by Gasteiger charge is 2.07. The summed E-state index contributed by atoms with van der Waals surface area (Å²) >= 11 is 1.47. The minimum Gasteiger partial charge on any atom is -0.387 e. The number of hydrogen-bond acceptors (Lipinski definition) is 3. The molecule has 2 rings (SSSR count). The number of allylic oxidation sites excluding steroid dienone is 2. The van der Waals surface area contributed by atoms with Gasteiger partial charge in [0.15, 0.2) is 6.29 Å². The summed E-state index contributed by atoms with van der Waals surface area (Å²) in [5, 5.41) is 5.05. The van der Waals surface area contributed by atoms with Crippen molar-refractivity contribution in [3.63, 3.8) is 0 Å². The van der Waals surface area contributed by atoms with Crippen molar-refractivity contribution in [3.05, 3.63) is 40.2 Å². The van der Waals surface area contributed by atoms with Crippen LogP contribution in [0.25, 0.3) is 5.57 Å². The number of carbonyl (C=O) groups is 1. The molecule has 0 fully saturated rings. The van der Waals surface area contributed by atoms with Crippen LogP contribution < -0.4 is 5.32 Å². The van der Waals surface area contributed by atoms with E-state index in [2.05, 4.69) is 5.32 Å². The summed E-state index contributed by atoms with van der Waals surface area (Å²) in [5.41, 5.74) is 2.10. The number of carbonyl (C=O) groups excluding carboxylic acids is 1. The van der Waals surface area contributed by atoms with E-state index >= 15 is 0 Å². The van der Waals surface area contributed by atoms with Gasteiger partial charge >= 0.3 is 0 Å². The van der Waals surface area contributed by atoms with Gasteiger partial charge in [-0.25, -0.2) is 0 Å². The van der Waals surface area contributed by atoms with E-state index in [0.29, 0.717) is 0 Å². The second kappa shape index (κ2) is 3.58. The van der Waals surface area contributed by atoms with Crippen molar-refractivity contribution in [2.24, 2.45) is 0 Å². The Morgan fingerprint density at radius 3 is 3.15 bits per heavy atom. The lowest BCUT2D eigenvalue weighted by Crippen LogP contribution is -2.08. The third-order valence-corrected chi connectivity index (χ3v) is 2.75. The zero-order valence-corrected chi connectivity index (χ0v) is 7.80. The molecule has 0 aromatic carbocycles. The average molecular weight is 191 g/mol. The second-order valence-corrected chi connectivity index (χ2v) is 3.67. The van der Waals surface area contributed by atoms with E-state index in [1.54, 1.807) is 0 Å². The Kier molecular flexibility index (Phi) is 2.27. The van der Waals surface area contributed by atoms with Gasteiger partial charge in [-0.05, 0) is 17.0 Å². The zero-order valence-electron chi connectivity index (χ0n) is 6.99. The summed E-state index contributed by atoms with van der Waals surface area (Å²) in [4.78, 5) is 11.5. The van der Waals surface area contributed by atoms with Gasteiger partial charge in [-0.15, -0.1) is 11.3 Å². The number of hydrogen-bond donors (Lipinski definition) is 1. The SMILES string of the molecule is O=Cc1sccc1C1=CNCC=C1. The smallest absolute Gasteiger partial charge is 0.160 e. The molecule has 2 nitrogen and oxygen atoms in total. The molecule has 1 aromatic heterocycles. The summed E-state index contributed by atoms with van der Waals surface area (Å²) < 4.78 is 0. The third-order valence-electron chi connectivity index (χ3n) is 1.90. The van der Waals surface area contributed by atoms with Gasteiger partial charge in [0.1, 0.15) is 0 Å². The molecule has 0 atom stereocenters. The van der Waals surface area contributed by atoms with Crippen molar-refractivity contribution in [1.82, 2.24) is 5.32 Å². The Morgan fingerprint density at radius 2 is 2.46 bits per heavy atom. The first-order chi connectivity index (χ1) is 6.42. The maximum absolute atomic E-state index is 10.7. The van der Waals surface area contributed by atoms with Gasteiger partial charge in [-0.3, -0.25) is 4.79 Å². The largest absolute Gasteiger partial charge is 0.387 e. The van der Waals surface area contributed by atoms with E-state index in [4.69, 9.17) is 0 Å². The minimum absolute atomic E-state index is 0.791. The molecule has 1 N–H and O–H groups in total. The van der Waals surface area contributed by atoms with Crippen LogP contribution in [-0.2, 0) is 0 Å². The molecule has 13 heavy (non-hydrogen) atoms. The van der Waals surface area contributed by atoms with Crippen LogP contribution in [0.4, 0.5) is 0 Å². The standard InChI is InChI=1S/C10H9NOS/c12-7-10-9(3-5-13-10)8-2-1-4-11-6-8/h1-3,5-7,11H,4H2. The zero-order chi connectivity index (χ0) is 9.10. The fraction of sp³-hybridized carbons (Fsp3) is 0.100. The molecule has 0 radical (unpaired) electrons. The van der Waals surface area contributed by atoms with Crippen LogP contribution >= 0.6 is 11.3 Å². The van der Waals surface area contributed by atoms with E-state index in [1.807, 2.05) is 29.8 Å². The maximum atomic E-state index is 10.7. The van der Waals surface area contributed by atoms with Crippen LogP contribution in [0.3, 0.4) is 0 Å². The predicted molar refractivity (Wildman–Crippen MR) is 54.8 cm³/mol. The lowest BCUT2D eigenvalue weighted by molar-refractivity contribution is 0.112. The van der Waals surface area contributed by atoms with Gasteiger partial charge < -0.3 is 5.32 Å². The fourth-order valence-corrected chi connectivity index (χ4v) is 2.01. The molecular formula is C10H9NOS. The lowest BCUT2D eigenvalue weighted by Gasteiger charge is -2.07. The molecule has 1 aliphatic rings. The van der Waals surface area contributed by atoms with E-state index in [0.717, 1.165) is 28.8 Å². The van der Waals surface area contributed by atoms with Crippen molar-refractivity contribution in [3.8, 4) is 0 Å². The molecule has 0 amide bonds. The van der Waals surface area contributed by atoms with Gasteiger partial charge in [0.25, 0.3) is 0 Å². The predicted octanol–water partition coefficient (Wildman–Crippen LogP) is 2.06. The molecule has 1 aliphatic heterocycles. The van der Waals surface area contributed by atoms with E-state index < -0.39 is 0 Å². The normalized spacial score (nSPS) is 14.9. The summed E-state index contributed by atoms with van der Waals surface area (Å²) in [6.07, 6.45) is 6.92. The lowest BCUT2D eigenvalue weighted by atomic mass is 10.1. The summed E-state index contributed by atoms with van der Waals surface area (Å²) in [7, 11) is 0. The molecule has 0 bridgehead atoms. The number of dihydropyridines is 1. The van der Waals surface area contributed by atoms with Crippen LogP contribution in [-0.4, -0.2) is 12.8 Å². The van der Waals surface area contributed by atoms with Crippen LogP contribution in [0.15, 0.2) is 29.8 Å². The first-order valence-electron chi connectivity index (χ1n) is 4.05. The summed E-state index contributed by atoms with van der Waals surface area (Å²) in [6, 6.07) is 1.97. The molecule has 0 spiro atoms. The fourth-order valence-electron chi connectivity index (χ4n) is 1.29. The topological polar surface area (TPSA) is 29.1 Å². The van der Waals surface area contributed by atoms with Gasteiger partial charge in [0, 0.05) is 18.3 Å². The van der Waals surface area contributed by atoms with Crippen molar-refractivity contribution in [1.29, 1.82) is 0 Å². The second-order valence-electron chi connectivity index (χ2n) is 2.73. The number of rotatable bonds is 2. The van der Waals surface area contributed by atoms with Gasteiger partial charge in [0.05, 0.1) is 4.88 Å². The minimum atomic E-state index is 0.791. The van der Waals surface area contributed by atoms with Crippen LogP contribution in [0.1, 0.15) is 15.2 Å². The molecular weight excluding hydrogens is 182 g/mol. The quantitative estimate of drug-likeness (QED) is 0.725. The highest BCUT2D eigenvalue weighted by atomic mass is 32.1. The molecule has 3 heteroatoms. The average Bonchev–Trinajstić information content (AvgIpc) is 2.67. The molecule has 0 unspecified atom stereocenters. The van der Waals surface area contributed by atoms with Crippen LogP contribution in [0.2, 0.25) is 0 Å². The Balaban J connectivity index is 2.39. The van der Waals surface area contributed by atoms with Crippen molar-refractivity contribution < 1.29 is 4.79 Å². The summed E-state index contributed by atoms with van der Waals surface area (Å²) in [6.45, 7) is 0.865. The third kappa shape index (κ3) is 1.55. The van der Waals surface area contributed by atoms with Crippen LogP contribution in [0.5, 0.6) is 0 Å². The monoisotopic (exact) mass is 191 g/mol. The molecule has 0 saturated carbocycles. The number of aldehydes is 1. The molecule has 0 aliphatic carbocycles. The van der Waals surface area contributed by atoms with Crippen molar-refractivity contribution >= 4 is 23.2 Å². The van der Waals surface area contributed by atoms with Crippen LogP contribution in [0, 0.1) is 0 Å². The number of nitrogens with one attached hydrogen (secondary N) is 1. The summed E-state index contributed by atoms with van der Waals surface area (Å²) in [5.74, 6) is 0. The molecule has 0 saturated heterocycles. The Labute approximate surface area is 80.6 Å². The maximum Gasteiger partial charge on any atom is 0.160 e. The van der Waals surface area contributed by atoms with E-state index in [-0.39, 0.29) is 0 Å². The Hall–Kier alpha value is -1.35. The van der Waals surface area contributed by atoms with Gasteiger partial charge in [-0.2, -0.15) is 0 Å². The Morgan fingerprint density at radius 1 is 1.54 bits per heavy atom. The first kappa shape index (κ1) is 8.26. The van der Waals surface area contributed by atoms with E-state index in [1.165, 1.54) is 11.3 Å².